The first kappa shape index (κ1) is 17.1. The number of aryl methyl sites for hydroxylation is 2. The normalized spacial score (nSPS) is 16.0. The fraction of sp³-hybridized carbons (Fsp3) is 0.227. The maximum Gasteiger partial charge on any atom is 0.259 e. The molecule has 1 amide bonds. The molecular weight excluding hydrogens is 370 g/mol. The lowest BCUT2D eigenvalue weighted by atomic mass is 10.1. The molecule has 1 aliphatic heterocycles. The van der Waals surface area contributed by atoms with Crippen LogP contribution in [0.2, 0.25) is 0 Å². The number of aromatic nitrogens is 2. The molecule has 1 aromatic carbocycles. The molecule has 1 unspecified atom stereocenters. The number of amides is 1. The predicted molar refractivity (Wildman–Crippen MR) is 111 cm³/mol. The second-order valence-electron chi connectivity index (χ2n) is 7.27. The van der Waals surface area contributed by atoms with Gasteiger partial charge in [-0.2, -0.15) is 0 Å². The van der Waals surface area contributed by atoms with Crippen LogP contribution < -0.4 is 4.90 Å². The zero-order valence-corrected chi connectivity index (χ0v) is 16.7. The molecule has 1 atom stereocenters. The van der Waals surface area contributed by atoms with Crippen molar-refractivity contribution in [2.24, 2.45) is 0 Å². The number of hydrogen-bond acceptors (Lipinski definition) is 5. The van der Waals surface area contributed by atoms with Gasteiger partial charge in [0.25, 0.3) is 11.6 Å². The summed E-state index contributed by atoms with van der Waals surface area (Å²) in [5.41, 5.74) is 4.60. The molecule has 140 valence electrons. The molecule has 6 heteroatoms. The summed E-state index contributed by atoms with van der Waals surface area (Å²) in [6.45, 7) is 5.99. The first-order valence-corrected chi connectivity index (χ1v) is 10.1. The van der Waals surface area contributed by atoms with Crippen LogP contribution in [0.25, 0.3) is 21.7 Å². The van der Waals surface area contributed by atoms with E-state index in [1.165, 1.54) is 10.4 Å². The van der Waals surface area contributed by atoms with Crippen LogP contribution in [-0.2, 0) is 6.42 Å². The minimum absolute atomic E-state index is 0.0364. The van der Waals surface area contributed by atoms with Gasteiger partial charge in [0.1, 0.15) is 0 Å². The van der Waals surface area contributed by atoms with Crippen LogP contribution in [0, 0.1) is 13.8 Å². The highest BCUT2D eigenvalue weighted by atomic mass is 32.1. The van der Waals surface area contributed by atoms with Crippen molar-refractivity contribution in [3.05, 3.63) is 64.2 Å². The summed E-state index contributed by atoms with van der Waals surface area (Å²) in [6, 6.07) is 14.2. The summed E-state index contributed by atoms with van der Waals surface area (Å²) in [6.07, 6.45) is 0.857. The van der Waals surface area contributed by atoms with Crippen molar-refractivity contribution >= 4 is 34.0 Å². The van der Waals surface area contributed by atoms with Gasteiger partial charge in [-0.25, -0.2) is 4.98 Å². The molecule has 0 aliphatic carbocycles. The van der Waals surface area contributed by atoms with E-state index in [1.54, 1.807) is 11.3 Å². The molecule has 0 saturated heterocycles. The van der Waals surface area contributed by atoms with Crippen molar-refractivity contribution in [1.82, 2.24) is 10.1 Å². The first-order chi connectivity index (χ1) is 13.5. The van der Waals surface area contributed by atoms with E-state index in [9.17, 15) is 4.79 Å². The zero-order chi connectivity index (χ0) is 19.4. The second kappa shape index (κ2) is 6.27. The number of pyridine rings is 1. The molecule has 0 radical (unpaired) electrons. The Hall–Kier alpha value is -2.99. The summed E-state index contributed by atoms with van der Waals surface area (Å²) in [7, 11) is 0. The molecule has 5 rings (SSSR count). The van der Waals surface area contributed by atoms with Crippen molar-refractivity contribution in [3.63, 3.8) is 0 Å². The summed E-state index contributed by atoms with van der Waals surface area (Å²) < 4.78 is 5.44. The topological polar surface area (TPSA) is 59.2 Å². The highest BCUT2D eigenvalue weighted by Crippen LogP contribution is 2.36. The smallest absolute Gasteiger partial charge is 0.259 e. The molecule has 4 aromatic rings. The van der Waals surface area contributed by atoms with Crippen LogP contribution >= 0.6 is 11.3 Å². The van der Waals surface area contributed by atoms with Gasteiger partial charge in [0.2, 0.25) is 0 Å². The SMILES string of the molecule is Cc1ccc(-c2cc(C(=O)N3c4ccccc4CC3C)c3c(C)noc3n2)s1. The molecule has 0 fully saturated rings. The molecule has 0 N–H and O–H groups in total. The Morgan fingerprint density at radius 3 is 2.82 bits per heavy atom. The molecule has 28 heavy (non-hydrogen) atoms. The molecule has 3 aromatic heterocycles. The Kier molecular flexibility index (Phi) is 3.84. The van der Waals surface area contributed by atoms with E-state index in [1.807, 2.05) is 42.2 Å². The highest BCUT2D eigenvalue weighted by molar-refractivity contribution is 7.15. The first-order valence-electron chi connectivity index (χ1n) is 9.28. The monoisotopic (exact) mass is 389 g/mol. The fourth-order valence-electron chi connectivity index (χ4n) is 3.97. The Morgan fingerprint density at radius 1 is 1.21 bits per heavy atom. The van der Waals surface area contributed by atoms with Gasteiger partial charge in [-0.15, -0.1) is 11.3 Å². The standard InChI is InChI=1S/C22H19N3O2S/c1-12-10-15-6-4-5-7-18(15)25(12)22(26)16-11-17(19-9-8-13(2)28-19)23-21-20(16)14(3)24-27-21/h4-9,11-12H,10H2,1-3H3. The number of carbonyl (C=O) groups excluding carboxylic acids is 1. The van der Waals surface area contributed by atoms with Gasteiger partial charge in [0.15, 0.2) is 0 Å². The third kappa shape index (κ3) is 2.56. The Bertz CT molecular complexity index is 1220. The third-order valence-corrected chi connectivity index (χ3v) is 6.29. The molecule has 0 saturated carbocycles. The van der Waals surface area contributed by atoms with Crippen LogP contribution in [0.4, 0.5) is 5.69 Å². The van der Waals surface area contributed by atoms with E-state index in [4.69, 9.17) is 4.52 Å². The van der Waals surface area contributed by atoms with Crippen molar-refractivity contribution in [2.45, 2.75) is 33.2 Å². The largest absolute Gasteiger partial charge is 0.335 e. The summed E-state index contributed by atoms with van der Waals surface area (Å²) >= 11 is 1.65. The van der Waals surface area contributed by atoms with Gasteiger partial charge >= 0.3 is 0 Å². The van der Waals surface area contributed by atoms with Gasteiger partial charge in [-0.05, 0) is 57.0 Å². The number of benzene rings is 1. The third-order valence-electron chi connectivity index (χ3n) is 5.27. The number of rotatable bonds is 2. The number of hydrogen-bond donors (Lipinski definition) is 0. The van der Waals surface area contributed by atoms with E-state index < -0.39 is 0 Å². The van der Waals surface area contributed by atoms with E-state index in [2.05, 4.69) is 36.1 Å². The molecule has 5 nitrogen and oxygen atoms in total. The van der Waals surface area contributed by atoms with Crippen LogP contribution in [0.15, 0.2) is 47.0 Å². The van der Waals surface area contributed by atoms with E-state index in [0.717, 1.165) is 22.7 Å². The van der Waals surface area contributed by atoms with Gasteiger partial charge in [0, 0.05) is 16.6 Å². The molecule has 0 bridgehead atoms. The van der Waals surface area contributed by atoms with Crippen LogP contribution in [0.1, 0.15) is 33.4 Å². The van der Waals surface area contributed by atoms with Crippen molar-refractivity contribution in [2.75, 3.05) is 4.90 Å². The quantitative estimate of drug-likeness (QED) is 0.475. The van der Waals surface area contributed by atoms with Gasteiger partial charge in [-0.3, -0.25) is 4.79 Å². The molecule has 4 heterocycles. The zero-order valence-electron chi connectivity index (χ0n) is 15.9. The maximum atomic E-state index is 13.7. The summed E-state index contributed by atoms with van der Waals surface area (Å²) in [4.78, 5) is 22.4. The highest BCUT2D eigenvalue weighted by Gasteiger charge is 2.33. The predicted octanol–water partition coefficient (Wildman–Crippen LogP) is 5.16. The Morgan fingerprint density at radius 2 is 2.04 bits per heavy atom. The Labute approximate surface area is 166 Å². The van der Waals surface area contributed by atoms with Crippen LogP contribution in [0.5, 0.6) is 0 Å². The maximum absolute atomic E-state index is 13.7. The van der Waals surface area contributed by atoms with Crippen LogP contribution in [-0.4, -0.2) is 22.1 Å². The number of nitrogens with zero attached hydrogens (tertiary/aromatic N) is 3. The number of para-hydroxylation sites is 1. The van der Waals surface area contributed by atoms with E-state index >= 15 is 0 Å². The van der Waals surface area contributed by atoms with Gasteiger partial charge < -0.3 is 9.42 Å². The van der Waals surface area contributed by atoms with Crippen molar-refractivity contribution in [3.8, 4) is 10.6 Å². The summed E-state index contributed by atoms with van der Waals surface area (Å²) in [5.74, 6) is -0.0364. The number of anilines is 1. The number of fused-ring (bicyclic) bond motifs is 2. The average Bonchev–Trinajstić information content (AvgIpc) is 3.37. The lowest BCUT2D eigenvalue weighted by Crippen LogP contribution is -2.35. The van der Waals surface area contributed by atoms with Gasteiger partial charge in [-0.1, -0.05) is 23.4 Å². The molecule has 0 spiro atoms. The minimum Gasteiger partial charge on any atom is -0.335 e. The lowest BCUT2D eigenvalue weighted by molar-refractivity contribution is 0.0983. The minimum atomic E-state index is -0.0364. The van der Waals surface area contributed by atoms with Gasteiger partial charge in [0.05, 0.1) is 27.2 Å². The number of thiophene rings is 1. The molecular formula is C22H19N3O2S. The average molecular weight is 389 g/mol. The summed E-state index contributed by atoms with van der Waals surface area (Å²) in [5, 5.41) is 4.76. The number of carbonyl (C=O) groups is 1. The van der Waals surface area contributed by atoms with Crippen molar-refractivity contribution in [1.29, 1.82) is 0 Å². The fourth-order valence-corrected chi connectivity index (χ4v) is 4.79. The Balaban J connectivity index is 1.69. The second-order valence-corrected chi connectivity index (χ2v) is 8.56. The van der Waals surface area contributed by atoms with Crippen molar-refractivity contribution < 1.29 is 9.32 Å². The molecule has 1 aliphatic rings. The van der Waals surface area contributed by atoms with Crippen LogP contribution in [0.3, 0.4) is 0 Å². The van der Waals surface area contributed by atoms with E-state index in [-0.39, 0.29) is 11.9 Å². The lowest BCUT2D eigenvalue weighted by Gasteiger charge is -2.23. The van der Waals surface area contributed by atoms with E-state index in [0.29, 0.717) is 22.4 Å².